The van der Waals surface area contributed by atoms with Crippen molar-refractivity contribution in [2.24, 2.45) is 0 Å². The van der Waals surface area contributed by atoms with Gasteiger partial charge in [-0.25, -0.2) is 0 Å². The average molecular weight is 211 g/mol. The van der Waals surface area contributed by atoms with Crippen LogP contribution < -0.4 is 4.74 Å². The largest absolute Gasteiger partial charge is 0.497 e. The number of ether oxygens (including phenoxy) is 1. The van der Waals surface area contributed by atoms with E-state index in [4.69, 9.17) is 16.3 Å². The Morgan fingerprint density at radius 1 is 1.29 bits per heavy atom. The zero-order chi connectivity index (χ0) is 10.2. The lowest BCUT2D eigenvalue weighted by molar-refractivity contribution is 0.415. The van der Waals surface area contributed by atoms with Crippen LogP contribution in [0.4, 0.5) is 0 Å². The van der Waals surface area contributed by atoms with Gasteiger partial charge in [0.15, 0.2) is 0 Å². The highest BCUT2D eigenvalue weighted by Crippen LogP contribution is 2.12. The molecule has 14 heavy (non-hydrogen) atoms. The summed E-state index contributed by atoms with van der Waals surface area (Å²) in [6.45, 7) is 0. The Morgan fingerprint density at radius 3 is 2.57 bits per heavy atom. The van der Waals surface area contributed by atoms with Gasteiger partial charge in [0.1, 0.15) is 5.75 Å². The summed E-state index contributed by atoms with van der Waals surface area (Å²) in [7, 11) is 1.67. The Kier molecular flexibility index (Phi) is 5.16. The van der Waals surface area contributed by atoms with Crippen LogP contribution in [0.2, 0.25) is 0 Å². The number of unbranched alkanes of at least 4 members (excludes halogenated alkanes) is 1. The summed E-state index contributed by atoms with van der Waals surface area (Å²) in [6.07, 6.45) is 6.32. The third-order valence-electron chi connectivity index (χ3n) is 1.93. The summed E-state index contributed by atoms with van der Waals surface area (Å²) in [5.41, 5.74) is 1.19. The number of methoxy groups -OCH3 is 1. The molecule has 0 unspecified atom stereocenters. The fourth-order valence-electron chi connectivity index (χ4n) is 1.13. The SMILES string of the molecule is COc1ccc(C=CCCCCl)cc1. The molecule has 0 aliphatic rings. The van der Waals surface area contributed by atoms with Gasteiger partial charge < -0.3 is 4.74 Å². The quantitative estimate of drug-likeness (QED) is 0.532. The van der Waals surface area contributed by atoms with Crippen molar-refractivity contribution >= 4 is 17.7 Å². The number of allylic oxidation sites excluding steroid dienone is 1. The van der Waals surface area contributed by atoms with Crippen molar-refractivity contribution in [3.8, 4) is 5.75 Å². The maximum atomic E-state index is 5.57. The molecule has 0 aliphatic heterocycles. The Morgan fingerprint density at radius 2 is 2.00 bits per heavy atom. The lowest BCUT2D eigenvalue weighted by atomic mass is 10.2. The molecule has 0 spiro atoms. The standard InChI is InChI=1S/C12H15ClO/c1-14-12-8-6-11(7-9-12)5-3-2-4-10-13/h3,5-9H,2,4,10H2,1H3. The first-order chi connectivity index (χ1) is 6.86. The van der Waals surface area contributed by atoms with Gasteiger partial charge in [-0.05, 0) is 30.5 Å². The summed E-state index contributed by atoms with van der Waals surface area (Å²) in [4.78, 5) is 0. The van der Waals surface area contributed by atoms with E-state index in [-0.39, 0.29) is 0 Å². The van der Waals surface area contributed by atoms with Gasteiger partial charge in [-0.3, -0.25) is 0 Å². The van der Waals surface area contributed by atoms with E-state index in [0.717, 1.165) is 24.5 Å². The summed E-state index contributed by atoms with van der Waals surface area (Å²) >= 11 is 5.57. The number of benzene rings is 1. The lowest BCUT2D eigenvalue weighted by Crippen LogP contribution is -1.81. The van der Waals surface area contributed by atoms with E-state index in [1.807, 2.05) is 24.3 Å². The third kappa shape index (κ3) is 3.84. The maximum absolute atomic E-state index is 5.57. The predicted octanol–water partition coefficient (Wildman–Crippen LogP) is 3.73. The molecule has 0 N–H and O–H groups in total. The van der Waals surface area contributed by atoms with E-state index < -0.39 is 0 Å². The minimum atomic E-state index is 0.729. The first-order valence-electron chi connectivity index (χ1n) is 4.73. The number of alkyl halides is 1. The smallest absolute Gasteiger partial charge is 0.118 e. The molecule has 1 aromatic carbocycles. The molecular weight excluding hydrogens is 196 g/mol. The monoisotopic (exact) mass is 210 g/mol. The van der Waals surface area contributed by atoms with Crippen LogP contribution in [0.15, 0.2) is 30.3 Å². The fourth-order valence-corrected chi connectivity index (χ4v) is 1.28. The second-order valence-electron chi connectivity index (χ2n) is 3.01. The highest BCUT2D eigenvalue weighted by molar-refractivity contribution is 6.17. The fraction of sp³-hybridized carbons (Fsp3) is 0.333. The van der Waals surface area contributed by atoms with Crippen LogP contribution in [-0.4, -0.2) is 13.0 Å². The highest BCUT2D eigenvalue weighted by atomic mass is 35.5. The van der Waals surface area contributed by atoms with Gasteiger partial charge >= 0.3 is 0 Å². The van der Waals surface area contributed by atoms with Crippen LogP contribution in [0.5, 0.6) is 5.75 Å². The van der Waals surface area contributed by atoms with Crippen LogP contribution >= 0.6 is 11.6 Å². The maximum Gasteiger partial charge on any atom is 0.118 e. The second-order valence-corrected chi connectivity index (χ2v) is 3.38. The van der Waals surface area contributed by atoms with Gasteiger partial charge in [0.05, 0.1) is 7.11 Å². The summed E-state index contributed by atoms with van der Waals surface area (Å²) < 4.78 is 5.07. The zero-order valence-electron chi connectivity index (χ0n) is 8.37. The molecule has 1 aromatic rings. The Bertz CT molecular complexity index is 277. The van der Waals surface area contributed by atoms with Crippen molar-refractivity contribution in [1.82, 2.24) is 0 Å². The van der Waals surface area contributed by atoms with E-state index >= 15 is 0 Å². The van der Waals surface area contributed by atoms with Crippen LogP contribution in [0.3, 0.4) is 0 Å². The van der Waals surface area contributed by atoms with Gasteiger partial charge in [0.25, 0.3) is 0 Å². The molecule has 0 fully saturated rings. The molecule has 76 valence electrons. The minimum Gasteiger partial charge on any atom is -0.497 e. The minimum absolute atomic E-state index is 0.729. The van der Waals surface area contributed by atoms with Gasteiger partial charge in [0, 0.05) is 5.88 Å². The third-order valence-corrected chi connectivity index (χ3v) is 2.20. The van der Waals surface area contributed by atoms with Gasteiger partial charge in [-0.1, -0.05) is 24.3 Å². The molecule has 1 rings (SSSR count). The topological polar surface area (TPSA) is 9.23 Å². The number of halogens is 1. The normalized spacial score (nSPS) is 10.7. The zero-order valence-corrected chi connectivity index (χ0v) is 9.13. The van der Waals surface area contributed by atoms with Crippen molar-refractivity contribution in [3.05, 3.63) is 35.9 Å². The van der Waals surface area contributed by atoms with Crippen molar-refractivity contribution in [1.29, 1.82) is 0 Å². The summed E-state index contributed by atoms with van der Waals surface area (Å²) in [5, 5.41) is 0. The molecule has 0 radical (unpaired) electrons. The van der Waals surface area contributed by atoms with Gasteiger partial charge in [-0.15, -0.1) is 11.6 Å². The van der Waals surface area contributed by atoms with E-state index in [0.29, 0.717) is 0 Å². The van der Waals surface area contributed by atoms with Crippen molar-refractivity contribution in [2.45, 2.75) is 12.8 Å². The molecule has 0 aromatic heterocycles. The molecular formula is C12H15ClO. The molecule has 2 heteroatoms. The Labute approximate surface area is 90.3 Å². The molecule has 0 aliphatic carbocycles. The molecule has 0 saturated carbocycles. The van der Waals surface area contributed by atoms with Crippen molar-refractivity contribution in [2.75, 3.05) is 13.0 Å². The van der Waals surface area contributed by atoms with Gasteiger partial charge in [-0.2, -0.15) is 0 Å². The highest BCUT2D eigenvalue weighted by Gasteiger charge is 1.89. The average Bonchev–Trinajstić information content (AvgIpc) is 2.25. The first kappa shape index (κ1) is 11.1. The second kappa shape index (κ2) is 6.50. The Balaban J connectivity index is 2.47. The predicted molar refractivity (Wildman–Crippen MR) is 62.0 cm³/mol. The van der Waals surface area contributed by atoms with E-state index in [9.17, 15) is 0 Å². The van der Waals surface area contributed by atoms with E-state index in [1.54, 1.807) is 7.11 Å². The Hall–Kier alpha value is -0.950. The van der Waals surface area contributed by atoms with E-state index in [1.165, 1.54) is 5.56 Å². The van der Waals surface area contributed by atoms with Crippen molar-refractivity contribution in [3.63, 3.8) is 0 Å². The van der Waals surface area contributed by atoms with Crippen LogP contribution in [0.1, 0.15) is 18.4 Å². The lowest BCUT2D eigenvalue weighted by Gasteiger charge is -1.98. The van der Waals surface area contributed by atoms with E-state index in [2.05, 4.69) is 12.2 Å². The molecule has 0 heterocycles. The van der Waals surface area contributed by atoms with Crippen molar-refractivity contribution < 1.29 is 4.74 Å². The first-order valence-corrected chi connectivity index (χ1v) is 5.27. The number of rotatable bonds is 5. The number of hydrogen-bond acceptors (Lipinski definition) is 1. The van der Waals surface area contributed by atoms with Crippen LogP contribution in [0.25, 0.3) is 6.08 Å². The summed E-state index contributed by atoms with van der Waals surface area (Å²) in [5.74, 6) is 1.62. The van der Waals surface area contributed by atoms with Crippen LogP contribution in [0, 0.1) is 0 Å². The molecule has 0 bridgehead atoms. The molecule has 0 amide bonds. The molecule has 1 nitrogen and oxygen atoms in total. The van der Waals surface area contributed by atoms with Gasteiger partial charge in [0.2, 0.25) is 0 Å². The number of hydrogen-bond donors (Lipinski definition) is 0. The molecule has 0 atom stereocenters. The summed E-state index contributed by atoms with van der Waals surface area (Å²) in [6, 6.07) is 7.99. The van der Waals surface area contributed by atoms with Crippen LogP contribution in [-0.2, 0) is 0 Å². The molecule has 0 saturated heterocycles.